The van der Waals surface area contributed by atoms with E-state index >= 15 is 0 Å². The number of rotatable bonds is 7. The Morgan fingerprint density at radius 3 is 2.89 bits per heavy atom. The molecule has 1 aromatic carbocycles. The highest BCUT2D eigenvalue weighted by Crippen LogP contribution is 2.32. The lowest BCUT2D eigenvalue weighted by atomic mass is 10.2. The van der Waals surface area contributed by atoms with Gasteiger partial charge in [-0.25, -0.2) is 9.37 Å². The summed E-state index contributed by atoms with van der Waals surface area (Å²) in [7, 11) is 0. The summed E-state index contributed by atoms with van der Waals surface area (Å²) in [6.45, 7) is 0.408. The highest BCUT2D eigenvalue weighted by molar-refractivity contribution is 8.18. The van der Waals surface area contributed by atoms with Crippen LogP contribution in [-0.2, 0) is 16.0 Å². The molecule has 0 radical (unpaired) electrons. The summed E-state index contributed by atoms with van der Waals surface area (Å²) < 4.78 is 13.7. The van der Waals surface area contributed by atoms with Crippen LogP contribution in [0.4, 0.5) is 9.18 Å². The molecule has 2 N–H and O–H groups in total. The average molecular weight is 388 g/mol. The maximum Gasteiger partial charge on any atom is 0.293 e. The third-order valence-corrected chi connectivity index (χ3v) is 4.81. The fourth-order valence-electron chi connectivity index (χ4n) is 2.49. The van der Waals surface area contributed by atoms with Crippen molar-refractivity contribution in [2.75, 3.05) is 13.1 Å². The van der Waals surface area contributed by atoms with Crippen LogP contribution in [0.3, 0.4) is 0 Å². The Labute approximate surface area is 159 Å². The van der Waals surface area contributed by atoms with Crippen LogP contribution in [-0.4, -0.2) is 45.0 Å². The summed E-state index contributed by atoms with van der Waals surface area (Å²) in [4.78, 5) is 44.3. The summed E-state index contributed by atoms with van der Waals surface area (Å²) in [5, 5.41) is 2.26. The Balaban J connectivity index is 1.51. The van der Waals surface area contributed by atoms with Crippen molar-refractivity contribution in [3.8, 4) is 0 Å². The predicted molar refractivity (Wildman–Crippen MR) is 99.0 cm³/mol. The molecular formula is C18H17FN4O3S. The van der Waals surface area contributed by atoms with Gasteiger partial charge in [-0.1, -0.05) is 18.2 Å². The van der Waals surface area contributed by atoms with Gasteiger partial charge in [0.15, 0.2) is 0 Å². The van der Waals surface area contributed by atoms with E-state index in [-0.39, 0.29) is 29.3 Å². The molecule has 0 saturated carbocycles. The monoisotopic (exact) mass is 388 g/mol. The number of aromatic nitrogens is 2. The van der Waals surface area contributed by atoms with Gasteiger partial charge in [0, 0.05) is 43.4 Å². The number of amides is 3. The van der Waals surface area contributed by atoms with Crippen molar-refractivity contribution in [1.29, 1.82) is 0 Å². The van der Waals surface area contributed by atoms with Crippen molar-refractivity contribution in [1.82, 2.24) is 20.2 Å². The second-order valence-electron chi connectivity index (χ2n) is 5.78. The number of carbonyl (C=O) groups is 3. The van der Waals surface area contributed by atoms with Crippen LogP contribution in [0.5, 0.6) is 0 Å². The number of benzene rings is 1. The van der Waals surface area contributed by atoms with E-state index in [0.717, 1.165) is 22.4 Å². The molecule has 0 atom stereocenters. The lowest BCUT2D eigenvalue weighted by Crippen LogP contribution is -2.34. The highest BCUT2D eigenvalue weighted by atomic mass is 32.2. The van der Waals surface area contributed by atoms with Gasteiger partial charge < -0.3 is 10.3 Å². The number of hydrogen-bond acceptors (Lipinski definition) is 5. The van der Waals surface area contributed by atoms with Crippen LogP contribution in [0, 0.1) is 5.82 Å². The second kappa shape index (κ2) is 8.63. The average Bonchev–Trinajstić information content (AvgIpc) is 3.24. The van der Waals surface area contributed by atoms with Crippen LogP contribution in [0.25, 0.3) is 6.08 Å². The zero-order valence-corrected chi connectivity index (χ0v) is 15.1. The molecule has 3 amide bonds. The zero-order valence-electron chi connectivity index (χ0n) is 14.3. The molecule has 140 valence electrons. The third-order valence-electron chi connectivity index (χ3n) is 3.90. The minimum atomic E-state index is -0.515. The fourth-order valence-corrected chi connectivity index (χ4v) is 3.34. The molecule has 1 aliphatic rings. The quantitative estimate of drug-likeness (QED) is 0.710. The molecule has 2 heterocycles. The minimum Gasteiger partial charge on any atom is -0.356 e. The van der Waals surface area contributed by atoms with E-state index in [1.165, 1.54) is 18.2 Å². The van der Waals surface area contributed by atoms with Crippen molar-refractivity contribution >= 4 is 34.9 Å². The second-order valence-corrected chi connectivity index (χ2v) is 6.77. The van der Waals surface area contributed by atoms with E-state index in [0.29, 0.717) is 13.0 Å². The molecular weight excluding hydrogens is 371 g/mol. The molecule has 1 saturated heterocycles. The molecule has 0 aliphatic carbocycles. The number of aromatic amines is 1. The van der Waals surface area contributed by atoms with Crippen LogP contribution in [0.2, 0.25) is 0 Å². The smallest absolute Gasteiger partial charge is 0.293 e. The van der Waals surface area contributed by atoms with Crippen molar-refractivity contribution in [3.05, 3.63) is 58.8 Å². The number of H-pyrrole nitrogens is 1. The van der Waals surface area contributed by atoms with E-state index in [1.54, 1.807) is 24.7 Å². The zero-order chi connectivity index (χ0) is 19.2. The predicted octanol–water partition coefficient (Wildman–Crippen LogP) is 2.33. The Morgan fingerprint density at radius 2 is 2.15 bits per heavy atom. The number of nitrogens with one attached hydrogen (secondary N) is 2. The topological polar surface area (TPSA) is 95.2 Å². The Morgan fingerprint density at radius 1 is 1.33 bits per heavy atom. The lowest BCUT2D eigenvalue weighted by Gasteiger charge is -2.12. The van der Waals surface area contributed by atoms with Crippen molar-refractivity contribution in [2.24, 2.45) is 0 Å². The first-order valence-electron chi connectivity index (χ1n) is 8.28. The number of imidazole rings is 1. The van der Waals surface area contributed by atoms with Gasteiger partial charge in [-0.15, -0.1) is 0 Å². The summed E-state index contributed by atoms with van der Waals surface area (Å²) in [5.41, 5.74) is 1.14. The van der Waals surface area contributed by atoms with Gasteiger partial charge >= 0.3 is 0 Å². The standard InChI is InChI=1S/C18H17FN4O3S/c19-14-4-2-1-3-12(14)9-15-17(25)23(18(26)27-15)8-6-16(24)21-7-5-13-10-20-11-22-13/h1-4,9-11H,5-8H2,(H,20,22)(H,21,24)/b15-9-. The number of imide groups is 1. The van der Waals surface area contributed by atoms with E-state index in [2.05, 4.69) is 15.3 Å². The number of hydrogen-bond donors (Lipinski definition) is 2. The number of halogens is 1. The Kier molecular flexibility index (Phi) is 6.02. The first-order valence-corrected chi connectivity index (χ1v) is 9.10. The van der Waals surface area contributed by atoms with Gasteiger partial charge in [0.25, 0.3) is 11.1 Å². The van der Waals surface area contributed by atoms with Crippen molar-refractivity contribution < 1.29 is 18.8 Å². The maximum atomic E-state index is 13.7. The van der Waals surface area contributed by atoms with Crippen molar-refractivity contribution in [2.45, 2.75) is 12.8 Å². The first-order chi connectivity index (χ1) is 13.0. The number of thioether (sulfide) groups is 1. The van der Waals surface area contributed by atoms with Gasteiger partial charge in [-0.3, -0.25) is 19.3 Å². The highest BCUT2D eigenvalue weighted by Gasteiger charge is 2.35. The first kappa shape index (κ1) is 18.8. The van der Waals surface area contributed by atoms with Gasteiger partial charge in [-0.2, -0.15) is 0 Å². The fraction of sp³-hybridized carbons (Fsp3) is 0.222. The molecule has 9 heteroatoms. The van der Waals surface area contributed by atoms with E-state index in [4.69, 9.17) is 0 Å². The molecule has 27 heavy (non-hydrogen) atoms. The third kappa shape index (κ3) is 4.82. The minimum absolute atomic E-state index is 0.00793. The number of carbonyl (C=O) groups excluding carboxylic acids is 3. The maximum absolute atomic E-state index is 13.7. The molecule has 0 bridgehead atoms. The van der Waals surface area contributed by atoms with E-state index < -0.39 is 17.0 Å². The Bertz CT molecular complexity index is 882. The molecule has 1 aliphatic heterocycles. The normalized spacial score (nSPS) is 15.6. The van der Waals surface area contributed by atoms with Crippen LogP contribution >= 0.6 is 11.8 Å². The summed E-state index contributed by atoms with van der Waals surface area (Å²) in [6.07, 6.45) is 5.21. The van der Waals surface area contributed by atoms with Crippen LogP contribution in [0.1, 0.15) is 17.7 Å². The van der Waals surface area contributed by atoms with Gasteiger partial charge in [0.1, 0.15) is 5.82 Å². The largest absolute Gasteiger partial charge is 0.356 e. The van der Waals surface area contributed by atoms with E-state index in [1.807, 2.05) is 0 Å². The van der Waals surface area contributed by atoms with Crippen LogP contribution in [0.15, 0.2) is 41.7 Å². The molecule has 1 aromatic heterocycles. The number of nitrogens with zero attached hydrogens (tertiary/aromatic N) is 2. The molecule has 2 aromatic rings. The van der Waals surface area contributed by atoms with Gasteiger partial charge in [0.05, 0.1) is 11.2 Å². The van der Waals surface area contributed by atoms with Gasteiger partial charge in [-0.05, 0) is 23.9 Å². The molecule has 7 nitrogen and oxygen atoms in total. The SMILES string of the molecule is O=C(CCN1C(=O)S/C(=C\c2ccccc2F)C1=O)NCCc1cnc[nH]1. The molecule has 0 spiro atoms. The van der Waals surface area contributed by atoms with Gasteiger partial charge in [0.2, 0.25) is 5.91 Å². The molecule has 1 fully saturated rings. The summed E-state index contributed by atoms with van der Waals surface area (Å²) in [6, 6.07) is 6.00. The van der Waals surface area contributed by atoms with E-state index in [9.17, 15) is 18.8 Å². The molecule has 3 rings (SSSR count). The summed E-state index contributed by atoms with van der Waals surface area (Å²) in [5.74, 6) is -1.24. The van der Waals surface area contributed by atoms with Crippen LogP contribution < -0.4 is 5.32 Å². The van der Waals surface area contributed by atoms with Crippen molar-refractivity contribution in [3.63, 3.8) is 0 Å². The summed E-state index contributed by atoms with van der Waals surface area (Å²) >= 11 is 0.742. The Hall–Kier alpha value is -2.94. The lowest BCUT2D eigenvalue weighted by molar-refractivity contribution is -0.124. The molecule has 0 unspecified atom stereocenters.